The fourth-order valence-electron chi connectivity index (χ4n) is 4.56. The number of anilines is 2. The van der Waals surface area contributed by atoms with Crippen LogP contribution in [0.3, 0.4) is 0 Å². The Hall–Kier alpha value is -3.35. The first-order chi connectivity index (χ1) is 17.3. The van der Waals surface area contributed by atoms with Gasteiger partial charge >= 0.3 is 0 Å². The molecule has 1 aliphatic rings. The van der Waals surface area contributed by atoms with E-state index in [1.54, 1.807) is 66.5 Å². The molecule has 2 atom stereocenters. The quantitative estimate of drug-likeness (QED) is 0.412. The number of hydrogen-bond donors (Lipinski definition) is 2. The topological polar surface area (TPSA) is 78.5 Å². The fraction of sp³-hybridized carbons (Fsp3) is 0.250. The van der Waals surface area contributed by atoms with Crippen molar-refractivity contribution in [3.63, 3.8) is 0 Å². The van der Waals surface area contributed by atoms with Crippen molar-refractivity contribution in [1.29, 1.82) is 0 Å². The van der Waals surface area contributed by atoms with E-state index in [0.717, 1.165) is 24.1 Å². The molecule has 8 heteroatoms. The van der Waals surface area contributed by atoms with Crippen LogP contribution < -0.4 is 15.5 Å². The Balaban J connectivity index is 1.59. The summed E-state index contributed by atoms with van der Waals surface area (Å²) in [4.78, 5) is 40.2. The van der Waals surface area contributed by atoms with Gasteiger partial charge in [-0.2, -0.15) is 0 Å². The van der Waals surface area contributed by atoms with Crippen LogP contribution in [0.2, 0.25) is 10.0 Å². The standard InChI is InChI=1S/C28H27Cl2N3O3/c1-17-7-8-19(15-26(34)31-2)23-16-20(29)11-14-25(23)33(17)28(36)18-9-12-21(13-10-18)32-27(35)22-5-3-4-6-24(22)30/h3-6,9-14,16-17,19H,7-8,15H2,1-2H3,(H,31,34)(H,32,35). The Bertz CT molecular complexity index is 1290. The van der Waals surface area contributed by atoms with Crippen molar-refractivity contribution in [3.05, 3.63) is 93.5 Å². The summed E-state index contributed by atoms with van der Waals surface area (Å²) in [5.74, 6) is -0.571. The summed E-state index contributed by atoms with van der Waals surface area (Å²) in [5, 5.41) is 6.44. The maximum atomic E-state index is 13.7. The van der Waals surface area contributed by atoms with Gasteiger partial charge in [0.1, 0.15) is 0 Å². The maximum Gasteiger partial charge on any atom is 0.258 e. The first kappa shape index (κ1) is 25.7. The third kappa shape index (κ3) is 5.55. The number of carbonyl (C=O) groups excluding carboxylic acids is 3. The van der Waals surface area contributed by atoms with E-state index in [-0.39, 0.29) is 29.7 Å². The molecule has 0 saturated carbocycles. The first-order valence-corrected chi connectivity index (χ1v) is 12.5. The summed E-state index contributed by atoms with van der Waals surface area (Å²) in [7, 11) is 1.62. The Morgan fingerprint density at radius 3 is 2.39 bits per heavy atom. The molecule has 2 N–H and O–H groups in total. The second-order valence-electron chi connectivity index (χ2n) is 8.89. The molecule has 1 heterocycles. The molecule has 4 rings (SSSR count). The number of hydrogen-bond acceptors (Lipinski definition) is 3. The predicted molar refractivity (Wildman–Crippen MR) is 144 cm³/mol. The van der Waals surface area contributed by atoms with Crippen LogP contribution in [0.4, 0.5) is 11.4 Å². The van der Waals surface area contributed by atoms with Crippen molar-refractivity contribution in [2.75, 3.05) is 17.3 Å². The molecule has 3 amide bonds. The summed E-state index contributed by atoms with van der Waals surface area (Å²) >= 11 is 12.4. The van der Waals surface area contributed by atoms with Gasteiger partial charge in [-0.3, -0.25) is 14.4 Å². The molecule has 0 spiro atoms. The average Bonchev–Trinajstić information content (AvgIpc) is 3.00. The van der Waals surface area contributed by atoms with Crippen LogP contribution in [0.25, 0.3) is 0 Å². The molecule has 36 heavy (non-hydrogen) atoms. The lowest BCUT2D eigenvalue weighted by atomic mass is 9.90. The van der Waals surface area contributed by atoms with Gasteiger partial charge in [0.2, 0.25) is 5.91 Å². The second-order valence-corrected chi connectivity index (χ2v) is 9.73. The Morgan fingerprint density at radius 1 is 0.972 bits per heavy atom. The lowest BCUT2D eigenvalue weighted by Crippen LogP contribution is -2.38. The number of rotatable bonds is 5. The van der Waals surface area contributed by atoms with Gasteiger partial charge in [-0.15, -0.1) is 0 Å². The normalized spacial score (nSPS) is 17.1. The number of nitrogens with one attached hydrogen (secondary N) is 2. The molecule has 3 aromatic rings. The van der Waals surface area contributed by atoms with E-state index >= 15 is 0 Å². The van der Waals surface area contributed by atoms with Crippen molar-refractivity contribution in [2.24, 2.45) is 0 Å². The van der Waals surface area contributed by atoms with Crippen molar-refractivity contribution < 1.29 is 14.4 Å². The van der Waals surface area contributed by atoms with Crippen LogP contribution >= 0.6 is 23.2 Å². The molecule has 0 saturated heterocycles. The SMILES string of the molecule is CNC(=O)CC1CCC(C)N(C(=O)c2ccc(NC(=O)c3ccccc3Cl)cc2)c2ccc(Cl)cc21. The van der Waals surface area contributed by atoms with Crippen LogP contribution in [0.5, 0.6) is 0 Å². The molecule has 0 radical (unpaired) electrons. The van der Waals surface area contributed by atoms with Gasteiger partial charge in [-0.25, -0.2) is 0 Å². The highest BCUT2D eigenvalue weighted by molar-refractivity contribution is 6.34. The Kier molecular flexibility index (Phi) is 7.97. The number of carbonyl (C=O) groups is 3. The molecule has 186 valence electrons. The molecular formula is C28H27Cl2N3O3. The minimum atomic E-state index is -0.325. The number of halogens is 2. The Labute approximate surface area is 220 Å². The first-order valence-electron chi connectivity index (χ1n) is 11.8. The molecular weight excluding hydrogens is 497 g/mol. The summed E-state index contributed by atoms with van der Waals surface area (Å²) in [5.41, 5.74) is 3.08. The smallest absolute Gasteiger partial charge is 0.258 e. The van der Waals surface area contributed by atoms with Gasteiger partial charge in [-0.1, -0.05) is 35.3 Å². The second kappa shape index (κ2) is 11.1. The average molecular weight is 524 g/mol. The summed E-state index contributed by atoms with van der Waals surface area (Å²) in [6.07, 6.45) is 1.84. The van der Waals surface area contributed by atoms with E-state index in [0.29, 0.717) is 33.3 Å². The molecule has 6 nitrogen and oxygen atoms in total. The van der Waals surface area contributed by atoms with Crippen molar-refractivity contribution in [2.45, 2.75) is 38.1 Å². The van der Waals surface area contributed by atoms with Crippen molar-refractivity contribution >= 4 is 52.3 Å². The van der Waals surface area contributed by atoms with E-state index in [1.807, 2.05) is 19.1 Å². The zero-order valence-corrected chi connectivity index (χ0v) is 21.6. The van der Waals surface area contributed by atoms with Gasteiger partial charge in [0.25, 0.3) is 11.8 Å². The number of amides is 3. The molecule has 0 bridgehead atoms. The maximum absolute atomic E-state index is 13.7. The summed E-state index contributed by atoms with van der Waals surface area (Å²) in [6, 6.07) is 19.0. The lowest BCUT2D eigenvalue weighted by Gasteiger charge is -2.29. The fourth-order valence-corrected chi connectivity index (χ4v) is 4.96. The van der Waals surface area contributed by atoms with Crippen molar-refractivity contribution in [1.82, 2.24) is 5.32 Å². The highest BCUT2D eigenvalue weighted by Gasteiger charge is 2.32. The van der Waals surface area contributed by atoms with Crippen LogP contribution in [0, 0.1) is 0 Å². The van der Waals surface area contributed by atoms with Crippen LogP contribution in [0.1, 0.15) is 58.4 Å². The van der Waals surface area contributed by atoms with Gasteiger partial charge < -0.3 is 15.5 Å². The van der Waals surface area contributed by atoms with E-state index in [9.17, 15) is 14.4 Å². The van der Waals surface area contributed by atoms with Crippen LogP contribution in [-0.4, -0.2) is 30.8 Å². The molecule has 0 aliphatic carbocycles. The monoisotopic (exact) mass is 523 g/mol. The molecule has 0 fully saturated rings. The van der Waals surface area contributed by atoms with Crippen molar-refractivity contribution in [3.8, 4) is 0 Å². The third-order valence-electron chi connectivity index (χ3n) is 6.50. The zero-order valence-electron chi connectivity index (χ0n) is 20.1. The largest absolute Gasteiger partial charge is 0.359 e. The molecule has 0 aromatic heterocycles. The minimum Gasteiger partial charge on any atom is -0.359 e. The van der Waals surface area contributed by atoms with E-state index in [4.69, 9.17) is 23.2 Å². The van der Waals surface area contributed by atoms with Gasteiger partial charge in [-0.05, 0) is 85.8 Å². The molecule has 3 aromatic carbocycles. The third-order valence-corrected chi connectivity index (χ3v) is 7.06. The van der Waals surface area contributed by atoms with Gasteiger partial charge in [0.15, 0.2) is 0 Å². The minimum absolute atomic E-state index is 0.0405. The van der Waals surface area contributed by atoms with Gasteiger partial charge in [0, 0.05) is 41.5 Å². The van der Waals surface area contributed by atoms with E-state index < -0.39 is 0 Å². The molecule has 1 aliphatic heterocycles. The van der Waals surface area contributed by atoms with Gasteiger partial charge in [0.05, 0.1) is 10.6 Å². The van der Waals surface area contributed by atoms with E-state index in [2.05, 4.69) is 10.6 Å². The summed E-state index contributed by atoms with van der Waals surface area (Å²) in [6.45, 7) is 2.01. The lowest BCUT2D eigenvalue weighted by molar-refractivity contribution is -0.121. The number of nitrogens with zero attached hydrogens (tertiary/aromatic N) is 1. The van der Waals surface area contributed by atoms with E-state index in [1.165, 1.54) is 0 Å². The number of fused-ring (bicyclic) bond motifs is 1. The molecule has 2 unspecified atom stereocenters. The van der Waals surface area contributed by atoms with Crippen LogP contribution in [-0.2, 0) is 4.79 Å². The number of benzene rings is 3. The zero-order chi connectivity index (χ0) is 25.8. The predicted octanol–water partition coefficient (Wildman–Crippen LogP) is 6.29. The summed E-state index contributed by atoms with van der Waals surface area (Å²) < 4.78 is 0. The highest BCUT2D eigenvalue weighted by Crippen LogP contribution is 2.40. The highest BCUT2D eigenvalue weighted by atomic mass is 35.5. The Morgan fingerprint density at radius 2 is 1.69 bits per heavy atom. The van der Waals surface area contributed by atoms with Crippen LogP contribution in [0.15, 0.2) is 66.7 Å².